The van der Waals surface area contributed by atoms with E-state index in [4.69, 9.17) is 0 Å². The van der Waals surface area contributed by atoms with Crippen LogP contribution < -0.4 is 10.6 Å². The van der Waals surface area contributed by atoms with Crippen LogP contribution in [-0.2, 0) is 11.2 Å². The molecule has 1 aromatic rings. The molecular weight excluding hydrogens is 335 g/mol. The third-order valence-corrected chi connectivity index (χ3v) is 5.00. The standard InChI is InChI=1S/C19H25FN4O2/c1-2-24-9-8-16(22-19(24)26)18(25)23-17-7-6-14(12-21-17)10-13-4-3-5-15(20)11-13/h3-5,11,14,17,21H,2,6-10,12H2,1H3,(H,23,25). The topological polar surface area (TPSA) is 73.8 Å². The highest BCUT2D eigenvalue weighted by molar-refractivity contribution is 6.40. The van der Waals surface area contributed by atoms with Gasteiger partial charge in [-0.15, -0.1) is 0 Å². The fraction of sp³-hybridized carbons (Fsp3) is 0.526. The molecule has 0 bridgehead atoms. The third kappa shape index (κ3) is 4.66. The number of urea groups is 1. The molecule has 3 rings (SSSR count). The minimum Gasteiger partial charge on any atom is -0.336 e. The van der Waals surface area contributed by atoms with Crippen molar-refractivity contribution in [3.63, 3.8) is 0 Å². The average Bonchev–Trinajstić information content (AvgIpc) is 2.63. The van der Waals surface area contributed by atoms with Gasteiger partial charge in [-0.3, -0.25) is 10.1 Å². The molecule has 26 heavy (non-hydrogen) atoms. The molecule has 0 radical (unpaired) electrons. The average molecular weight is 360 g/mol. The van der Waals surface area contributed by atoms with Gasteiger partial charge in [0.15, 0.2) is 0 Å². The van der Waals surface area contributed by atoms with Gasteiger partial charge in [-0.1, -0.05) is 12.1 Å². The Hall–Kier alpha value is -2.28. The molecule has 0 aliphatic carbocycles. The number of carbonyl (C=O) groups is 2. The second-order valence-electron chi connectivity index (χ2n) is 6.88. The van der Waals surface area contributed by atoms with E-state index in [-0.39, 0.29) is 23.9 Å². The molecule has 2 N–H and O–H groups in total. The first kappa shape index (κ1) is 18.5. The van der Waals surface area contributed by atoms with Crippen LogP contribution in [0.5, 0.6) is 0 Å². The molecule has 0 aromatic heterocycles. The van der Waals surface area contributed by atoms with Crippen LogP contribution in [0, 0.1) is 11.7 Å². The number of aliphatic imine (C=N–C) groups is 1. The van der Waals surface area contributed by atoms with E-state index in [1.165, 1.54) is 6.07 Å². The lowest BCUT2D eigenvalue weighted by Crippen LogP contribution is -2.53. The van der Waals surface area contributed by atoms with Crippen LogP contribution in [0.2, 0.25) is 0 Å². The Labute approximate surface area is 152 Å². The first-order chi connectivity index (χ1) is 12.5. The Morgan fingerprint density at radius 3 is 2.92 bits per heavy atom. The Bertz CT molecular complexity index is 699. The van der Waals surface area contributed by atoms with Gasteiger partial charge in [0.1, 0.15) is 11.5 Å². The summed E-state index contributed by atoms with van der Waals surface area (Å²) in [5, 5.41) is 6.25. The number of hydrogen-bond donors (Lipinski definition) is 2. The summed E-state index contributed by atoms with van der Waals surface area (Å²) in [6, 6.07) is 6.36. The minimum absolute atomic E-state index is 0.117. The smallest absolute Gasteiger partial charge is 0.336 e. The SMILES string of the molecule is CCN1CCC(C(=O)NC2CCC(Cc3cccc(F)c3)CN2)=NC1=O. The molecule has 2 aliphatic heterocycles. The number of amides is 3. The highest BCUT2D eigenvalue weighted by atomic mass is 19.1. The Balaban J connectivity index is 1.46. The molecule has 2 unspecified atom stereocenters. The van der Waals surface area contributed by atoms with Gasteiger partial charge in [0.2, 0.25) is 0 Å². The number of rotatable bonds is 5. The summed E-state index contributed by atoms with van der Waals surface area (Å²) in [4.78, 5) is 29.6. The summed E-state index contributed by atoms with van der Waals surface area (Å²) in [6.45, 7) is 3.80. The minimum atomic E-state index is -0.337. The number of piperidine rings is 1. The summed E-state index contributed by atoms with van der Waals surface area (Å²) in [5.41, 5.74) is 1.30. The summed E-state index contributed by atoms with van der Waals surface area (Å²) in [6.07, 6.45) is 2.94. The molecule has 0 saturated carbocycles. The summed E-state index contributed by atoms with van der Waals surface area (Å²) in [7, 11) is 0. The number of nitrogens with zero attached hydrogens (tertiary/aromatic N) is 2. The van der Waals surface area contributed by atoms with Crippen LogP contribution in [-0.4, -0.2) is 48.3 Å². The van der Waals surface area contributed by atoms with Crippen molar-refractivity contribution in [1.29, 1.82) is 0 Å². The van der Waals surface area contributed by atoms with Crippen LogP contribution in [0.3, 0.4) is 0 Å². The number of halogens is 1. The first-order valence-electron chi connectivity index (χ1n) is 9.20. The van der Waals surface area contributed by atoms with Gasteiger partial charge in [-0.25, -0.2) is 9.18 Å². The van der Waals surface area contributed by atoms with E-state index in [0.717, 1.165) is 31.4 Å². The molecule has 2 atom stereocenters. The summed E-state index contributed by atoms with van der Waals surface area (Å²) >= 11 is 0. The van der Waals surface area contributed by atoms with Crippen LogP contribution >= 0.6 is 0 Å². The predicted molar refractivity (Wildman–Crippen MR) is 97.5 cm³/mol. The van der Waals surface area contributed by atoms with Crippen molar-refractivity contribution in [1.82, 2.24) is 15.5 Å². The van der Waals surface area contributed by atoms with Crippen molar-refractivity contribution in [3.05, 3.63) is 35.6 Å². The molecule has 7 heteroatoms. The van der Waals surface area contributed by atoms with Crippen LogP contribution in [0.15, 0.2) is 29.3 Å². The lowest BCUT2D eigenvalue weighted by Gasteiger charge is -2.31. The van der Waals surface area contributed by atoms with Crippen molar-refractivity contribution in [3.8, 4) is 0 Å². The molecule has 1 fully saturated rings. The Kier molecular flexibility index (Phi) is 5.98. The monoisotopic (exact) mass is 360 g/mol. The number of benzene rings is 1. The van der Waals surface area contributed by atoms with E-state index < -0.39 is 0 Å². The second kappa shape index (κ2) is 8.40. The van der Waals surface area contributed by atoms with E-state index in [1.54, 1.807) is 17.0 Å². The molecule has 3 amide bonds. The van der Waals surface area contributed by atoms with Gasteiger partial charge in [-0.05, 0) is 49.8 Å². The quantitative estimate of drug-likeness (QED) is 0.844. The van der Waals surface area contributed by atoms with E-state index in [0.29, 0.717) is 31.1 Å². The van der Waals surface area contributed by atoms with Crippen LogP contribution in [0.25, 0.3) is 0 Å². The van der Waals surface area contributed by atoms with Crippen molar-refractivity contribution < 1.29 is 14.0 Å². The highest BCUT2D eigenvalue weighted by Gasteiger charge is 2.26. The fourth-order valence-corrected chi connectivity index (χ4v) is 3.49. The molecule has 0 spiro atoms. The van der Waals surface area contributed by atoms with Crippen molar-refractivity contribution in [2.45, 2.75) is 38.8 Å². The molecular formula is C19H25FN4O2. The maximum atomic E-state index is 13.3. The molecule has 6 nitrogen and oxygen atoms in total. The van der Waals surface area contributed by atoms with Gasteiger partial charge in [0, 0.05) is 26.1 Å². The van der Waals surface area contributed by atoms with Crippen molar-refractivity contribution in [2.75, 3.05) is 19.6 Å². The predicted octanol–water partition coefficient (Wildman–Crippen LogP) is 2.10. The van der Waals surface area contributed by atoms with Gasteiger partial charge in [0.25, 0.3) is 5.91 Å². The van der Waals surface area contributed by atoms with Crippen LogP contribution in [0.4, 0.5) is 9.18 Å². The maximum absolute atomic E-state index is 13.3. The lowest BCUT2D eigenvalue weighted by molar-refractivity contribution is -0.116. The largest absolute Gasteiger partial charge is 0.343 e. The van der Waals surface area contributed by atoms with E-state index in [1.807, 2.05) is 13.0 Å². The zero-order chi connectivity index (χ0) is 18.5. The summed E-state index contributed by atoms with van der Waals surface area (Å²) < 4.78 is 13.3. The Morgan fingerprint density at radius 1 is 1.42 bits per heavy atom. The number of carbonyl (C=O) groups excluding carboxylic acids is 2. The van der Waals surface area contributed by atoms with Crippen LogP contribution in [0.1, 0.15) is 31.7 Å². The first-order valence-corrected chi connectivity index (χ1v) is 9.20. The number of hydrogen-bond acceptors (Lipinski definition) is 3. The lowest BCUT2D eigenvalue weighted by atomic mass is 9.91. The molecule has 140 valence electrons. The molecule has 1 saturated heterocycles. The van der Waals surface area contributed by atoms with Gasteiger partial charge in [-0.2, -0.15) is 4.99 Å². The van der Waals surface area contributed by atoms with Crippen molar-refractivity contribution >= 4 is 17.6 Å². The molecule has 1 aromatic carbocycles. The maximum Gasteiger partial charge on any atom is 0.343 e. The van der Waals surface area contributed by atoms with E-state index in [9.17, 15) is 14.0 Å². The third-order valence-electron chi connectivity index (χ3n) is 5.00. The molecule has 2 heterocycles. The second-order valence-corrected chi connectivity index (χ2v) is 6.88. The summed E-state index contributed by atoms with van der Waals surface area (Å²) in [5.74, 6) is -0.0623. The fourth-order valence-electron chi connectivity index (χ4n) is 3.49. The van der Waals surface area contributed by atoms with E-state index in [2.05, 4.69) is 15.6 Å². The zero-order valence-corrected chi connectivity index (χ0v) is 15.0. The van der Waals surface area contributed by atoms with Gasteiger partial charge < -0.3 is 10.2 Å². The number of nitrogens with one attached hydrogen (secondary N) is 2. The van der Waals surface area contributed by atoms with E-state index >= 15 is 0 Å². The normalized spacial score (nSPS) is 23.5. The zero-order valence-electron chi connectivity index (χ0n) is 15.0. The van der Waals surface area contributed by atoms with Gasteiger partial charge in [0.05, 0.1) is 6.17 Å². The van der Waals surface area contributed by atoms with Gasteiger partial charge >= 0.3 is 6.03 Å². The Morgan fingerprint density at radius 2 is 2.27 bits per heavy atom. The van der Waals surface area contributed by atoms with Crippen molar-refractivity contribution in [2.24, 2.45) is 10.9 Å². The highest BCUT2D eigenvalue weighted by Crippen LogP contribution is 2.19. The molecule has 2 aliphatic rings.